The Morgan fingerprint density at radius 1 is 1.67 bits per heavy atom. The van der Waals surface area contributed by atoms with Crippen LogP contribution in [0.15, 0.2) is 4.34 Å². The molecule has 0 aromatic carbocycles. The highest BCUT2D eigenvalue weighted by atomic mass is 32.2. The van der Waals surface area contributed by atoms with Crippen molar-refractivity contribution >= 4 is 29.3 Å². The first-order valence-electron chi connectivity index (χ1n) is 4.37. The zero-order chi connectivity index (χ0) is 11.5. The Balaban J connectivity index is 2.53. The lowest BCUT2D eigenvalue weighted by Gasteiger charge is -2.15. The highest BCUT2D eigenvalue weighted by Gasteiger charge is 2.30. The number of rotatable bonds is 5. The van der Waals surface area contributed by atoms with Crippen LogP contribution in [0.25, 0.3) is 0 Å². The summed E-state index contributed by atoms with van der Waals surface area (Å²) in [5.74, 6) is -0.409. The Morgan fingerprint density at radius 2 is 2.33 bits per heavy atom. The van der Waals surface area contributed by atoms with Gasteiger partial charge in [0.1, 0.15) is 5.82 Å². The third-order valence-corrected chi connectivity index (χ3v) is 3.87. The van der Waals surface area contributed by atoms with Crippen LogP contribution < -0.4 is 0 Å². The molecule has 2 N–H and O–H groups in total. The van der Waals surface area contributed by atoms with Gasteiger partial charge in [-0.3, -0.25) is 0 Å². The second-order valence-electron chi connectivity index (χ2n) is 3.20. The van der Waals surface area contributed by atoms with Crippen LogP contribution in [0.5, 0.6) is 0 Å². The van der Waals surface area contributed by atoms with Gasteiger partial charge < -0.3 is 10.2 Å². The summed E-state index contributed by atoms with van der Waals surface area (Å²) in [5, 5.41) is 18.1. The average molecular weight is 248 g/mol. The summed E-state index contributed by atoms with van der Waals surface area (Å²) in [5.41, 5.74) is -1.72. The molecule has 0 amide bonds. The number of aliphatic hydroxyl groups is 1. The van der Waals surface area contributed by atoms with E-state index in [4.69, 9.17) is 5.11 Å². The van der Waals surface area contributed by atoms with Gasteiger partial charge in [-0.25, -0.2) is 9.78 Å². The van der Waals surface area contributed by atoms with Gasteiger partial charge in [-0.15, -0.1) is 0 Å². The minimum atomic E-state index is -1.72. The minimum Gasteiger partial charge on any atom is -0.479 e. The summed E-state index contributed by atoms with van der Waals surface area (Å²) in [6.07, 6.45) is 0.756. The van der Waals surface area contributed by atoms with E-state index in [2.05, 4.69) is 9.36 Å². The lowest BCUT2D eigenvalue weighted by Crippen LogP contribution is -2.37. The van der Waals surface area contributed by atoms with Gasteiger partial charge in [-0.2, -0.15) is 4.37 Å². The third kappa shape index (κ3) is 3.44. The van der Waals surface area contributed by atoms with Crippen LogP contribution in [-0.2, 0) is 11.2 Å². The quantitative estimate of drug-likeness (QED) is 0.757. The van der Waals surface area contributed by atoms with Crippen LogP contribution in [0.2, 0.25) is 0 Å². The minimum absolute atomic E-state index is 0.0701. The molecule has 1 rings (SSSR count). The molecule has 7 heteroatoms. The summed E-state index contributed by atoms with van der Waals surface area (Å²) in [7, 11) is 0. The van der Waals surface area contributed by atoms with E-state index in [1.54, 1.807) is 0 Å². The molecule has 5 nitrogen and oxygen atoms in total. The van der Waals surface area contributed by atoms with Crippen molar-refractivity contribution in [1.82, 2.24) is 9.36 Å². The monoisotopic (exact) mass is 248 g/mol. The summed E-state index contributed by atoms with van der Waals surface area (Å²) >= 11 is 2.43. The van der Waals surface area contributed by atoms with Gasteiger partial charge in [0.05, 0.1) is 0 Å². The van der Waals surface area contributed by atoms with E-state index in [1.807, 2.05) is 6.92 Å². The summed E-state index contributed by atoms with van der Waals surface area (Å²) in [6.45, 7) is 3.22. The van der Waals surface area contributed by atoms with Gasteiger partial charge in [0, 0.05) is 12.2 Å². The lowest BCUT2D eigenvalue weighted by atomic mass is 10.1. The summed E-state index contributed by atoms with van der Waals surface area (Å²) < 4.78 is 4.75. The molecule has 84 valence electrons. The van der Waals surface area contributed by atoms with Gasteiger partial charge in [0.2, 0.25) is 0 Å². The van der Waals surface area contributed by atoms with Gasteiger partial charge >= 0.3 is 5.97 Å². The van der Waals surface area contributed by atoms with Gasteiger partial charge in [-0.1, -0.05) is 18.7 Å². The molecule has 1 aromatic heterocycles. The molecule has 0 bridgehead atoms. The van der Waals surface area contributed by atoms with Crippen LogP contribution in [0, 0.1) is 0 Å². The Morgan fingerprint density at radius 3 is 2.80 bits per heavy atom. The highest BCUT2D eigenvalue weighted by Crippen LogP contribution is 2.24. The van der Waals surface area contributed by atoms with E-state index in [9.17, 15) is 9.90 Å². The predicted molar refractivity (Wildman–Crippen MR) is 58.3 cm³/mol. The molecule has 0 fully saturated rings. The number of hydrogen-bond donors (Lipinski definition) is 2. The fourth-order valence-corrected chi connectivity index (χ4v) is 2.40. The molecule has 0 aliphatic heterocycles. The smallest absolute Gasteiger partial charge is 0.336 e. The molecule has 0 saturated carbocycles. The van der Waals surface area contributed by atoms with Crippen molar-refractivity contribution in [3.8, 4) is 0 Å². The molecule has 0 radical (unpaired) electrons. The van der Waals surface area contributed by atoms with E-state index in [0.717, 1.165) is 12.2 Å². The molecule has 1 unspecified atom stereocenters. The third-order valence-electron chi connectivity index (χ3n) is 1.70. The molecule has 0 spiro atoms. The average Bonchev–Trinajstić information content (AvgIpc) is 2.62. The maximum absolute atomic E-state index is 10.6. The first kappa shape index (κ1) is 12.4. The Bertz CT molecular complexity index is 351. The standard InChI is InChI=1S/C8H12N2O3S2/c1-3-5-9-7(15-10-5)14-4-8(2,13)6(11)12/h13H,3-4H2,1-2H3,(H,11,12). The second-order valence-corrected chi connectivity index (χ2v) is 5.17. The van der Waals surface area contributed by atoms with E-state index in [-0.39, 0.29) is 5.75 Å². The van der Waals surface area contributed by atoms with E-state index < -0.39 is 11.6 Å². The molecular weight excluding hydrogens is 236 g/mol. The van der Waals surface area contributed by atoms with E-state index in [0.29, 0.717) is 4.34 Å². The highest BCUT2D eigenvalue weighted by molar-refractivity contribution is 8.01. The van der Waals surface area contributed by atoms with Crippen molar-refractivity contribution < 1.29 is 15.0 Å². The molecular formula is C8H12N2O3S2. The van der Waals surface area contributed by atoms with Crippen LogP contribution in [-0.4, -0.2) is 36.9 Å². The number of aromatic nitrogens is 2. The van der Waals surface area contributed by atoms with E-state index >= 15 is 0 Å². The van der Waals surface area contributed by atoms with Crippen LogP contribution in [0.4, 0.5) is 0 Å². The Hall–Kier alpha value is -0.660. The molecule has 1 atom stereocenters. The summed E-state index contributed by atoms with van der Waals surface area (Å²) in [6, 6.07) is 0. The molecule has 0 saturated heterocycles. The molecule has 0 aliphatic rings. The largest absolute Gasteiger partial charge is 0.479 e. The summed E-state index contributed by atoms with van der Waals surface area (Å²) in [4.78, 5) is 14.8. The Kier molecular flexibility index (Phi) is 4.06. The van der Waals surface area contributed by atoms with Gasteiger partial charge in [-0.05, 0) is 18.5 Å². The number of carboxylic acid groups (broad SMARTS) is 1. The van der Waals surface area contributed by atoms with Crippen molar-refractivity contribution in [2.45, 2.75) is 30.2 Å². The SMILES string of the molecule is CCc1nsc(SCC(C)(O)C(=O)O)n1. The number of thioether (sulfide) groups is 1. The van der Waals surface area contributed by atoms with Gasteiger partial charge in [0.25, 0.3) is 0 Å². The van der Waals surface area contributed by atoms with Crippen molar-refractivity contribution in [2.24, 2.45) is 0 Å². The maximum atomic E-state index is 10.6. The first-order valence-corrected chi connectivity index (χ1v) is 6.12. The van der Waals surface area contributed by atoms with Crippen molar-refractivity contribution in [3.05, 3.63) is 5.82 Å². The zero-order valence-corrected chi connectivity index (χ0v) is 10.1. The topological polar surface area (TPSA) is 83.3 Å². The number of hydrogen-bond acceptors (Lipinski definition) is 6. The zero-order valence-electron chi connectivity index (χ0n) is 8.43. The van der Waals surface area contributed by atoms with Gasteiger partial charge in [0.15, 0.2) is 9.94 Å². The molecule has 1 heterocycles. The van der Waals surface area contributed by atoms with E-state index in [1.165, 1.54) is 30.2 Å². The number of carboxylic acids is 1. The molecule has 1 aromatic rings. The first-order chi connectivity index (χ1) is 6.95. The fourth-order valence-electron chi connectivity index (χ4n) is 0.704. The fraction of sp³-hybridized carbons (Fsp3) is 0.625. The normalized spacial score (nSPS) is 14.9. The predicted octanol–water partition coefficient (Wildman–Crippen LogP) is 1.03. The van der Waals surface area contributed by atoms with Crippen LogP contribution >= 0.6 is 23.3 Å². The molecule has 15 heavy (non-hydrogen) atoms. The maximum Gasteiger partial charge on any atom is 0.336 e. The van der Waals surface area contributed by atoms with Crippen molar-refractivity contribution in [3.63, 3.8) is 0 Å². The number of aryl methyl sites for hydroxylation is 1. The van der Waals surface area contributed by atoms with Crippen molar-refractivity contribution in [2.75, 3.05) is 5.75 Å². The Labute approximate surface area is 95.7 Å². The van der Waals surface area contributed by atoms with Crippen molar-refractivity contribution in [1.29, 1.82) is 0 Å². The number of nitrogens with zero attached hydrogens (tertiary/aromatic N) is 2. The second kappa shape index (κ2) is 4.91. The lowest BCUT2D eigenvalue weighted by molar-refractivity contribution is -0.154. The molecule has 0 aliphatic carbocycles. The van der Waals surface area contributed by atoms with Crippen LogP contribution in [0.3, 0.4) is 0 Å². The number of aliphatic carboxylic acids is 1. The number of carbonyl (C=O) groups is 1. The van der Waals surface area contributed by atoms with Crippen LogP contribution in [0.1, 0.15) is 19.7 Å².